The molecule has 0 radical (unpaired) electrons. The quantitative estimate of drug-likeness (QED) is 0.701. The lowest BCUT2D eigenvalue weighted by atomic mass is 9.98. The second kappa shape index (κ2) is 7.61. The van der Waals surface area contributed by atoms with Crippen LogP contribution < -0.4 is 15.1 Å². The number of piperazine rings is 1. The summed E-state index contributed by atoms with van der Waals surface area (Å²) in [6.45, 7) is 7.29. The van der Waals surface area contributed by atoms with E-state index in [1.807, 2.05) is 0 Å². The van der Waals surface area contributed by atoms with E-state index in [1.165, 1.54) is 27.6 Å². The molecule has 0 atom stereocenters. The Labute approximate surface area is 176 Å². The van der Waals surface area contributed by atoms with Crippen molar-refractivity contribution in [3.63, 3.8) is 0 Å². The average molecular weight is 402 g/mol. The lowest BCUT2D eigenvalue weighted by molar-refractivity contribution is 0.0690. The third-order valence-electron chi connectivity index (χ3n) is 6.27. The molecule has 154 valence electrons. The van der Waals surface area contributed by atoms with Gasteiger partial charge in [-0.3, -0.25) is 0 Å². The smallest absolute Gasteiger partial charge is 0.354 e. The Morgan fingerprint density at radius 2 is 1.80 bits per heavy atom. The number of nitrogens with one attached hydrogen (secondary N) is 1. The molecular formula is C24H26N4O2. The maximum atomic E-state index is 11.8. The summed E-state index contributed by atoms with van der Waals surface area (Å²) >= 11 is 0. The molecule has 0 bridgehead atoms. The summed E-state index contributed by atoms with van der Waals surface area (Å²) in [5.41, 5.74) is 5.73. The molecule has 30 heavy (non-hydrogen) atoms. The molecule has 3 heterocycles. The van der Waals surface area contributed by atoms with Gasteiger partial charge in [-0.2, -0.15) is 0 Å². The summed E-state index contributed by atoms with van der Waals surface area (Å²) in [4.78, 5) is 21.0. The predicted molar refractivity (Wildman–Crippen MR) is 120 cm³/mol. The van der Waals surface area contributed by atoms with Crippen LogP contribution in [0.4, 0.5) is 11.4 Å². The molecule has 1 fully saturated rings. The van der Waals surface area contributed by atoms with Crippen molar-refractivity contribution < 1.29 is 9.90 Å². The van der Waals surface area contributed by atoms with E-state index in [9.17, 15) is 9.90 Å². The van der Waals surface area contributed by atoms with Crippen molar-refractivity contribution >= 4 is 28.1 Å². The van der Waals surface area contributed by atoms with Gasteiger partial charge >= 0.3 is 5.97 Å². The molecule has 3 aromatic rings. The van der Waals surface area contributed by atoms with Crippen molar-refractivity contribution in [1.29, 1.82) is 0 Å². The average Bonchev–Trinajstić information content (AvgIpc) is 2.78. The summed E-state index contributed by atoms with van der Waals surface area (Å²) in [5.74, 6) is -0.965. The van der Waals surface area contributed by atoms with Crippen LogP contribution >= 0.6 is 0 Å². The molecule has 6 heteroatoms. The lowest BCUT2D eigenvalue weighted by Gasteiger charge is -2.36. The number of carbonyl (C=O) groups is 1. The number of aromatic carboxylic acids is 1. The number of benzene rings is 2. The number of fused-ring (bicyclic) bond motifs is 2. The van der Waals surface area contributed by atoms with Gasteiger partial charge in [0, 0.05) is 55.0 Å². The Bertz CT molecular complexity index is 1120. The van der Waals surface area contributed by atoms with Crippen molar-refractivity contribution in [1.82, 2.24) is 10.3 Å². The maximum Gasteiger partial charge on any atom is 0.354 e. The Balaban J connectivity index is 1.57. The first kappa shape index (κ1) is 18.9. The predicted octanol–water partition coefficient (Wildman–Crippen LogP) is 3.21. The van der Waals surface area contributed by atoms with Gasteiger partial charge in [0.05, 0.1) is 12.2 Å². The van der Waals surface area contributed by atoms with E-state index in [0.717, 1.165) is 50.5 Å². The van der Waals surface area contributed by atoms with Crippen LogP contribution in [0.5, 0.6) is 0 Å². The highest BCUT2D eigenvalue weighted by Gasteiger charge is 2.26. The lowest BCUT2D eigenvalue weighted by Crippen LogP contribution is -2.44. The summed E-state index contributed by atoms with van der Waals surface area (Å²) in [6.07, 6.45) is 0.865. The highest BCUT2D eigenvalue weighted by atomic mass is 16.4. The minimum absolute atomic E-state index is 0.137. The molecule has 2 N–H and O–H groups in total. The van der Waals surface area contributed by atoms with Gasteiger partial charge in [0.15, 0.2) is 5.69 Å². The van der Waals surface area contributed by atoms with E-state index >= 15 is 0 Å². The Morgan fingerprint density at radius 3 is 2.57 bits per heavy atom. The molecule has 2 aliphatic heterocycles. The first-order chi connectivity index (χ1) is 14.6. The molecule has 1 saturated heterocycles. The number of anilines is 2. The van der Waals surface area contributed by atoms with Crippen molar-refractivity contribution in [2.75, 3.05) is 42.5 Å². The van der Waals surface area contributed by atoms with E-state index in [4.69, 9.17) is 0 Å². The van der Waals surface area contributed by atoms with E-state index in [-0.39, 0.29) is 5.69 Å². The third kappa shape index (κ3) is 3.27. The number of hydrogen-bond acceptors (Lipinski definition) is 5. The fourth-order valence-corrected chi connectivity index (χ4v) is 4.79. The first-order valence-electron chi connectivity index (χ1n) is 10.6. The number of pyridine rings is 1. The van der Waals surface area contributed by atoms with Crippen LogP contribution in [0.15, 0.2) is 42.5 Å². The van der Waals surface area contributed by atoms with Crippen LogP contribution in [0.2, 0.25) is 0 Å². The summed E-state index contributed by atoms with van der Waals surface area (Å²) < 4.78 is 0. The minimum atomic E-state index is -0.965. The van der Waals surface area contributed by atoms with Crippen molar-refractivity contribution in [2.24, 2.45) is 0 Å². The topological polar surface area (TPSA) is 68.7 Å². The van der Waals surface area contributed by atoms with Gasteiger partial charge in [0.1, 0.15) is 0 Å². The third-order valence-corrected chi connectivity index (χ3v) is 6.27. The number of aryl methyl sites for hydroxylation is 1. The Morgan fingerprint density at radius 1 is 1.03 bits per heavy atom. The fraction of sp³-hybridized carbons (Fsp3) is 0.333. The molecule has 2 aromatic carbocycles. The number of aromatic nitrogens is 1. The number of carboxylic acid groups (broad SMARTS) is 1. The van der Waals surface area contributed by atoms with E-state index in [2.05, 4.69) is 63.4 Å². The van der Waals surface area contributed by atoms with Crippen LogP contribution in [0.25, 0.3) is 10.8 Å². The SMILES string of the molecule is Cc1cccc2cccc(N3CCc4c(N5CCNCC5)cc(C(=O)O)nc4C3)c12. The van der Waals surface area contributed by atoms with Crippen LogP contribution in [-0.2, 0) is 13.0 Å². The van der Waals surface area contributed by atoms with Gasteiger partial charge in [-0.15, -0.1) is 0 Å². The highest BCUT2D eigenvalue weighted by molar-refractivity contribution is 5.97. The van der Waals surface area contributed by atoms with E-state index < -0.39 is 5.97 Å². The van der Waals surface area contributed by atoms with Crippen LogP contribution in [0.1, 0.15) is 27.3 Å². The molecule has 2 aliphatic rings. The summed E-state index contributed by atoms with van der Waals surface area (Å²) in [6, 6.07) is 14.6. The monoisotopic (exact) mass is 402 g/mol. The number of nitrogens with zero attached hydrogens (tertiary/aromatic N) is 3. The van der Waals surface area contributed by atoms with Crippen molar-refractivity contribution in [3.8, 4) is 0 Å². The highest BCUT2D eigenvalue weighted by Crippen LogP contribution is 2.35. The van der Waals surface area contributed by atoms with Gasteiger partial charge < -0.3 is 20.2 Å². The van der Waals surface area contributed by atoms with Gasteiger partial charge in [0.2, 0.25) is 0 Å². The van der Waals surface area contributed by atoms with Crippen LogP contribution in [0.3, 0.4) is 0 Å². The van der Waals surface area contributed by atoms with E-state index in [0.29, 0.717) is 6.54 Å². The second-order valence-electron chi connectivity index (χ2n) is 8.12. The number of carboxylic acids is 1. The maximum absolute atomic E-state index is 11.8. The molecule has 0 amide bonds. The normalized spacial score (nSPS) is 16.6. The Kier molecular flexibility index (Phi) is 4.79. The standard InChI is InChI=1S/C24H26N4O2/c1-16-4-2-5-17-6-3-7-21(23(16)17)28-11-8-18-20(15-28)26-19(24(29)30)14-22(18)27-12-9-25-10-13-27/h2-7,14,25H,8-13,15H2,1H3,(H,29,30). The molecule has 0 aliphatic carbocycles. The fourth-order valence-electron chi connectivity index (χ4n) is 4.79. The van der Waals surface area contributed by atoms with Gasteiger partial charge in [-0.25, -0.2) is 9.78 Å². The summed E-state index contributed by atoms with van der Waals surface area (Å²) in [5, 5.41) is 15.5. The zero-order valence-electron chi connectivity index (χ0n) is 17.2. The van der Waals surface area contributed by atoms with Gasteiger partial charge in [-0.05, 0) is 36.4 Å². The minimum Gasteiger partial charge on any atom is -0.477 e. The van der Waals surface area contributed by atoms with Gasteiger partial charge in [0.25, 0.3) is 0 Å². The number of hydrogen-bond donors (Lipinski definition) is 2. The molecule has 5 rings (SSSR count). The molecule has 0 saturated carbocycles. The van der Waals surface area contributed by atoms with Gasteiger partial charge in [-0.1, -0.05) is 30.3 Å². The Hall–Kier alpha value is -3.12. The van der Waals surface area contributed by atoms with Crippen molar-refractivity contribution in [2.45, 2.75) is 19.9 Å². The van der Waals surface area contributed by atoms with E-state index in [1.54, 1.807) is 6.07 Å². The molecule has 0 spiro atoms. The van der Waals surface area contributed by atoms with Crippen LogP contribution in [-0.4, -0.2) is 48.8 Å². The zero-order valence-corrected chi connectivity index (χ0v) is 17.2. The van der Waals surface area contributed by atoms with Crippen molar-refractivity contribution in [3.05, 3.63) is 65.0 Å². The first-order valence-corrected chi connectivity index (χ1v) is 10.6. The largest absolute Gasteiger partial charge is 0.477 e. The molecular weight excluding hydrogens is 376 g/mol. The molecule has 1 aromatic heterocycles. The zero-order chi connectivity index (χ0) is 20.7. The molecule has 0 unspecified atom stereocenters. The number of rotatable bonds is 3. The van der Waals surface area contributed by atoms with Crippen LogP contribution in [0, 0.1) is 6.92 Å². The second-order valence-corrected chi connectivity index (χ2v) is 8.12. The molecule has 6 nitrogen and oxygen atoms in total. The summed E-state index contributed by atoms with van der Waals surface area (Å²) in [7, 11) is 0.